The highest BCUT2D eigenvalue weighted by molar-refractivity contribution is 6.15. The van der Waals surface area contributed by atoms with E-state index in [9.17, 15) is 9.59 Å². The van der Waals surface area contributed by atoms with E-state index >= 15 is 0 Å². The summed E-state index contributed by atoms with van der Waals surface area (Å²) in [7, 11) is 0. The van der Waals surface area contributed by atoms with Crippen LogP contribution in [0.25, 0.3) is 0 Å². The molecule has 166 valence electrons. The Kier molecular flexibility index (Phi) is 8.61. The molecule has 0 unspecified atom stereocenters. The van der Waals surface area contributed by atoms with Crippen LogP contribution >= 0.6 is 0 Å². The van der Waals surface area contributed by atoms with Gasteiger partial charge in [-0.3, -0.25) is 9.59 Å². The van der Waals surface area contributed by atoms with E-state index in [2.05, 4.69) is 24.5 Å². The first kappa shape index (κ1) is 23.3. The molecule has 0 atom stereocenters. The Morgan fingerprint density at radius 3 is 1.31 bits per heavy atom. The van der Waals surface area contributed by atoms with Gasteiger partial charge < -0.3 is 10.6 Å². The minimum absolute atomic E-state index is 0.299. The normalized spacial score (nSPS) is 10.6. The van der Waals surface area contributed by atoms with Crippen molar-refractivity contribution in [3.63, 3.8) is 0 Å². The van der Waals surface area contributed by atoms with Gasteiger partial charge in [0.15, 0.2) is 0 Å². The van der Waals surface area contributed by atoms with Crippen LogP contribution in [-0.4, -0.2) is 11.8 Å². The molecule has 0 saturated heterocycles. The fraction of sp³-hybridized carbons (Fsp3) is 0.286. The molecule has 2 amide bonds. The molecule has 3 aromatic carbocycles. The van der Waals surface area contributed by atoms with Crippen LogP contribution < -0.4 is 10.6 Å². The van der Waals surface area contributed by atoms with Crippen molar-refractivity contribution in [3.8, 4) is 0 Å². The number of hydrogen-bond donors (Lipinski definition) is 2. The topological polar surface area (TPSA) is 58.2 Å². The highest BCUT2D eigenvalue weighted by Gasteiger charge is 2.17. The molecule has 4 nitrogen and oxygen atoms in total. The Bertz CT molecular complexity index is 940. The summed E-state index contributed by atoms with van der Waals surface area (Å²) < 4.78 is 0. The van der Waals surface area contributed by atoms with Crippen molar-refractivity contribution in [2.45, 2.75) is 52.4 Å². The maximum atomic E-state index is 12.9. The molecule has 0 radical (unpaired) electrons. The van der Waals surface area contributed by atoms with Crippen LogP contribution in [0.1, 0.15) is 71.4 Å². The number of benzene rings is 3. The minimum atomic E-state index is -0.299. The van der Waals surface area contributed by atoms with Gasteiger partial charge in [0.1, 0.15) is 0 Å². The smallest absolute Gasteiger partial charge is 0.256 e. The Morgan fingerprint density at radius 1 is 0.594 bits per heavy atom. The molecule has 0 fully saturated rings. The number of amides is 2. The Hall–Kier alpha value is -3.40. The van der Waals surface area contributed by atoms with Gasteiger partial charge >= 0.3 is 0 Å². The van der Waals surface area contributed by atoms with Gasteiger partial charge in [0.05, 0.1) is 11.1 Å². The van der Waals surface area contributed by atoms with Gasteiger partial charge in [-0.2, -0.15) is 0 Å². The molecule has 32 heavy (non-hydrogen) atoms. The zero-order chi connectivity index (χ0) is 22.8. The monoisotopic (exact) mass is 428 g/mol. The number of carbonyl (C=O) groups is 2. The molecule has 0 spiro atoms. The minimum Gasteiger partial charge on any atom is -0.322 e. The van der Waals surface area contributed by atoms with E-state index < -0.39 is 0 Å². The zero-order valence-corrected chi connectivity index (χ0v) is 19.0. The van der Waals surface area contributed by atoms with Crippen LogP contribution in [0.2, 0.25) is 0 Å². The molecule has 0 aromatic heterocycles. The predicted octanol–water partition coefficient (Wildman–Crippen LogP) is 6.88. The number of unbranched alkanes of at least 4 members (excludes halogenated alkanes) is 2. The molecule has 0 aliphatic heterocycles. The number of rotatable bonds is 10. The van der Waals surface area contributed by atoms with E-state index in [-0.39, 0.29) is 11.8 Å². The summed E-state index contributed by atoms with van der Waals surface area (Å²) in [5.41, 5.74) is 4.64. The van der Waals surface area contributed by atoms with Crippen LogP contribution in [0.15, 0.2) is 72.8 Å². The van der Waals surface area contributed by atoms with Crippen molar-refractivity contribution in [1.82, 2.24) is 0 Å². The van der Waals surface area contributed by atoms with Crippen LogP contribution in [-0.2, 0) is 12.8 Å². The summed E-state index contributed by atoms with van der Waals surface area (Å²) in [6.45, 7) is 4.34. The summed E-state index contributed by atoms with van der Waals surface area (Å²) in [5.74, 6) is -0.598. The lowest BCUT2D eigenvalue weighted by Crippen LogP contribution is -2.20. The Morgan fingerprint density at radius 2 is 0.969 bits per heavy atom. The Balaban J connectivity index is 1.67. The SMILES string of the molecule is CCCCc1ccc(NC(=O)c2ccccc2C(=O)Nc2ccc(CCCC)cc2)cc1. The maximum absolute atomic E-state index is 12.9. The van der Waals surface area contributed by atoms with Crippen molar-refractivity contribution in [2.24, 2.45) is 0 Å². The molecule has 4 heteroatoms. The van der Waals surface area contributed by atoms with Crippen LogP contribution in [0, 0.1) is 0 Å². The zero-order valence-electron chi connectivity index (χ0n) is 19.0. The van der Waals surface area contributed by atoms with E-state index in [1.807, 2.05) is 48.5 Å². The standard InChI is InChI=1S/C28H32N2O2/c1-3-5-9-21-13-17-23(18-14-21)29-27(31)25-11-7-8-12-26(25)28(32)30-24-19-15-22(16-20-24)10-6-4-2/h7-8,11-20H,3-6,9-10H2,1-2H3,(H,29,31)(H,30,32). The van der Waals surface area contributed by atoms with Gasteiger partial charge in [0.2, 0.25) is 0 Å². The first-order chi connectivity index (χ1) is 15.6. The third-order valence-electron chi connectivity index (χ3n) is 5.48. The average molecular weight is 429 g/mol. The Labute approximate surface area is 191 Å². The van der Waals surface area contributed by atoms with Crippen LogP contribution in [0.4, 0.5) is 11.4 Å². The van der Waals surface area contributed by atoms with E-state index in [4.69, 9.17) is 0 Å². The second-order valence-electron chi connectivity index (χ2n) is 8.05. The van der Waals surface area contributed by atoms with Crippen molar-refractivity contribution in [1.29, 1.82) is 0 Å². The molecular formula is C28H32N2O2. The van der Waals surface area contributed by atoms with Gasteiger partial charge in [0.25, 0.3) is 11.8 Å². The summed E-state index contributed by atoms with van der Waals surface area (Å²) in [4.78, 5) is 25.8. The lowest BCUT2D eigenvalue weighted by molar-refractivity contribution is 0.0990. The molecule has 3 aromatic rings. The number of hydrogen-bond acceptors (Lipinski definition) is 2. The van der Waals surface area contributed by atoms with Crippen LogP contribution in [0.5, 0.6) is 0 Å². The van der Waals surface area contributed by atoms with Gasteiger partial charge in [-0.15, -0.1) is 0 Å². The van der Waals surface area contributed by atoms with Crippen molar-refractivity contribution in [3.05, 3.63) is 95.1 Å². The molecule has 0 aliphatic rings. The largest absolute Gasteiger partial charge is 0.322 e. The van der Waals surface area contributed by atoms with Gasteiger partial charge in [-0.1, -0.05) is 63.1 Å². The third-order valence-corrected chi connectivity index (χ3v) is 5.48. The molecule has 0 saturated carbocycles. The molecular weight excluding hydrogens is 396 g/mol. The van der Waals surface area contributed by atoms with Gasteiger partial charge in [-0.25, -0.2) is 0 Å². The molecule has 3 rings (SSSR count). The van der Waals surface area contributed by atoms with E-state index in [0.717, 1.165) is 38.5 Å². The molecule has 2 N–H and O–H groups in total. The summed E-state index contributed by atoms with van der Waals surface area (Å²) in [6.07, 6.45) is 6.67. The first-order valence-corrected chi connectivity index (χ1v) is 11.5. The lowest BCUT2D eigenvalue weighted by Gasteiger charge is -2.12. The first-order valence-electron chi connectivity index (χ1n) is 11.5. The highest BCUT2D eigenvalue weighted by Crippen LogP contribution is 2.18. The van der Waals surface area contributed by atoms with E-state index in [0.29, 0.717) is 22.5 Å². The van der Waals surface area contributed by atoms with Crippen molar-refractivity contribution >= 4 is 23.2 Å². The summed E-state index contributed by atoms with van der Waals surface area (Å²) in [6, 6.07) is 22.7. The quantitative estimate of drug-likeness (QED) is 0.370. The van der Waals surface area contributed by atoms with Gasteiger partial charge in [-0.05, 0) is 73.2 Å². The summed E-state index contributed by atoms with van der Waals surface area (Å²) >= 11 is 0. The number of aryl methyl sites for hydroxylation is 2. The maximum Gasteiger partial charge on any atom is 0.256 e. The highest BCUT2D eigenvalue weighted by atomic mass is 16.2. The fourth-order valence-electron chi connectivity index (χ4n) is 3.55. The second-order valence-corrected chi connectivity index (χ2v) is 8.05. The third kappa shape index (κ3) is 6.55. The second kappa shape index (κ2) is 11.8. The summed E-state index contributed by atoms with van der Waals surface area (Å²) in [5, 5.41) is 5.82. The van der Waals surface area contributed by atoms with Gasteiger partial charge in [0, 0.05) is 11.4 Å². The average Bonchev–Trinajstić information content (AvgIpc) is 2.83. The number of carbonyl (C=O) groups excluding carboxylic acids is 2. The fourth-order valence-corrected chi connectivity index (χ4v) is 3.55. The number of anilines is 2. The van der Waals surface area contributed by atoms with E-state index in [1.54, 1.807) is 24.3 Å². The van der Waals surface area contributed by atoms with Crippen molar-refractivity contribution in [2.75, 3.05) is 10.6 Å². The predicted molar refractivity (Wildman–Crippen MR) is 132 cm³/mol. The lowest BCUT2D eigenvalue weighted by atomic mass is 10.0. The number of nitrogens with one attached hydrogen (secondary N) is 2. The molecule has 0 aliphatic carbocycles. The van der Waals surface area contributed by atoms with Crippen molar-refractivity contribution < 1.29 is 9.59 Å². The van der Waals surface area contributed by atoms with E-state index in [1.165, 1.54) is 11.1 Å². The molecule has 0 heterocycles. The van der Waals surface area contributed by atoms with Crippen LogP contribution in [0.3, 0.4) is 0 Å². The molecule has 0 bridgehead atoms.